The molecule has 154 valence electrons. The SMILES string of the molecule is O=C(O)CNC(CO)(CO)CO.O=c1cc(-c2ccccc2)oc2ccccc12. The van der Waals surface area contributed by atoms with Crippen LogP contribution >= 0.6 is 0 Å². The fraction of sp³-hybridized carbons (Fsp3) is 0.238. The van der Waals surface area contributed by atoms with Crippen molar-refractivity contribution in [2.45, 2.75) is 5.54 Å². The molecule has 3 rings (SSSR count). The molecular formula is C21H23NO7. The number of hydrogen-bond acceptors (Lipinski definition) is 7. The molecule has 0 unspecified atom stereocenters. The van der Waals surface area contributed by atoms with Crippen molar-refractivity contribution in [2.24, 2.45) is 0 Å². The Bertz CT molecular complexity index is 973. The average Bonchev–Trinajstić information content (AvgIpc) is 2.76. The molecule has 0 atom stereocenters. The van der Waals surface area contributed by atoms with Gasteiger partial charge in [-0.3, -0.25) is 14.9 Å². The molecule has 1 aromatic heterocycles. The van der Waals surface area contributed by atoms with Gasteiger partial charge in [-0.2, -0.15) is 0 Å². The fourth-order valence-corrected chi connectivity index (χ4v) is 2.43. The van der Waals surface area contributed by atoms with E-state index in [1.54, 1.807) is 6.07 Å². The highest BCUT2D eigenvalue weighted by Gasteiger charge is 2.27. The summed E-state index contributed by atoms with van der Waals surface area (Å²) in [5.74, 6) is -0.510. The zero-order chi connectivity index (χ0) is 21.3. The first-order valence-corrected chi connectivity index (χ1v) is 8.82. The second-order valence-electron chi connectivity index (χ2n) is 6.34. The van der Waals surface area contributed by atoms with Crippen LogP contribution in [0.3, 0.4) is 0 Å². The normalized spacial score (nSPS) is 11.0. The third kappa shape index (κ3) is 5.97. The van der Waals surface area contributed by atoms with Crippen LogP contribution in [0, 0.1) is 0 Å². The summed E-state index contributed by atoms with van der Waals surface area (Å²) in [6.45, 7) is -1.98. The summed E-state index contributed by atoms with van der Waals surface area (Å²) in [6.07, 6.45) is 0. The van der Waals surface area contributed by atoms with Crippen LogP contribution in [-0.4, -0.2) is 58.3 Å². The monoisotopic (exact) mass is 401 g/mol. The van der Waals surface area contributed by atoms with Crippen LogP contribution in [0.2, 0.25) is 0 Å². The van der Waals surface area contributed by atoms with Crippen LogP contribution in [0.15, 0.2) is 69.9 Å². The van der Waals surface area contributed by atoms with Gasteiger partial charge in [0, 0.05) is 11.6 Å². The van der Waals surface area contributed by atoms with Gasteiger partial charge in [0.05, 0.1) is 37.3 Å². The molecule has 0 radical (unpaired) electrons. The lowest BCUT2D eigenvalue weighted by molar-refractivity contribution is -0.136. The van der Waals surface area contributed by atoms with E-state index < -0.39 is 37.9 Å². The molecule has 0 saturated heterocycles. The maximum atomic E-state index is 11.9. The second kappa shape index (κ2) is 10.5. The van der Waals surface area contributed by atoms with Crippen LogP contribution in [0.4, 0.5) is 0 Å². The Balaban J connectivity index is 0.000000223. The van der Waals surface area contributed by atoms with E-state index in [0.717, 1.165) is 5.56 Å². The number of aliphatic hydroxyl groups is 3. The molecular weight excluding hydrogens is 378 g/mol. The van der Waals surface area contributed by atoms with E-state index >= 15 is 0 Å². The number of rotatable bonds is 7. The van der Waals surface area contributed by atoms with Gasteiger partial charge in [-0.25, -0.2) is 0 Å². The summed E-state index contributed by atoms with van der Waals surface area (Å²) in [6, 6.07) is 18.4. The number of nitrogens with one attached hydrogen (secondary N) is 1. The number of carbonyl (C=O) groups is 1. The van der Waals surface area contributed by atoms with Gasteiger partial charge >= 0.3 is 5.97 Å². The van der Waals surface area contributed by atoms with Crippen LogP contribution in [-0.2, 0) is 4.79 Å². The molecule has 8 heteroatoms. The summed E-state index contributed by atoms with van der Waals surface area (Å²) in [4.78, 5) is 22.0. The highest BCUT2D eigenvalue weighted by atomic mass is 16.4. The van der Waals surface area contributed by atoms with Gasteiger partial charge in [-0.05, 0) is 12.1 Å². The van der Waals surface area contributed by atoms with Crippen molar-refractivity contribution in [3.63, 3.8) is 0 Å². The lowest BCUT2D eigenvalue weighted by Gasteiger charge is -2.27. The quantitative estimate of drug-likeness (QED) is 0.392. The van der Waals surface area contributed by atoms with Crippen molar-refractivity contribution < 1.29 is 29.6 Å². The van der Waals surface area contributed by atoms with E-state index in [4.69, 9.17) is 24.8 Å². The predicted molar refractivity (Wildman–Crippen MR) is 108 cm³/mol. The van der Waals surface area contributed by atoms with Gasteiger partial charge in [0.2, 0.25) is 0 Å². The van der Waals surface area contributed by atoms with E-state index in [0.29, 0.717) is 16.7 Å². The smallest absolute Gasteiger partial charge is 0.317 e. The maximum Gasteiger partial charge on any atom is 0.317 e. The van der Waals surface area contributed by atoms with Gasteiger partial charge in [0.1, 0.15) is 11.3 Å². The Morgan fingerprint density at radius 1 is 0.931 bits per heavy atom. The van der Waals surface area contributed by atoms with E-state index in [1.165, 1.54) is 6.07 Å². The minimum absolute atomic E-state index is 0.00861. The maximum absolute atomic E-state index is 11.9. The van der Waals surface area contributed by atoms with E-state index in [9.17, 15) is 9.59 Å². The largest absolute Gasteiger partial charge is 0.480 e. The van der Waals surface area contributed by atoms with Crippen LogP contribution in [0.1, 0.15) is 0 Å². The van der Waals surface area contributed by atoms with E-state index in [-0.39, 0.29) is 5.43 Å². The molecule has 5 N–H and O–H groups in total. The molecule has 0 saturated carbocycles. The molecule has 3 aromatic rings. The summed E-state index contributed by atoms with van der Waals surface area (Å²) in [5.41, 5.74) is 0.221. The third-order valence-electron chi connectivity index (χ3n) is 4.22. The van der Waals surface area contributed by atoms with Gasteiger partial charge in [-0.15, -0.1) is 0 Å². The standard InChI is InChI=1S/C15H10O2.C6H13NO5/c16-13-10-15(11-6-2-1-3-7-11)17-14-9-5-4-8-12(13)14;8-2-6(3-9,4-10)7-1-5(11)12/h1-10H;7-10H,1-4H2,(H,11,12). The Morgan fingerprint density at radius 3 is 2.10 bits per heavy atom. The van der Waals surface area contributed by atoms with Crippen LogP contribution in [0.25, 0.3) is 22.3 Å². The number of hydrogen-bond donors (Lipinski definition) is 5. The number of carboxylic acids is 1. The van der Waals surface area contributed by atoms with E-state index in [1.807, 2.05) is 48.5 Å². The fourth-order valence-electron chi connectivity index (χ4n) is 2.43. The predicted octanol–water partition coefficient (Wildman–Crippen LogP) is 0.836. The van der Waals surface area contributed by atoms with Crippen LogP contribution < -0.4 is 10.7 Å². The first-order valence-electron chi connectivity index (χ1n) is 8.82. The topological polar surface area (TPSA) is 140 Å². The lowest BCUT2D eigenvalue weighted by Crippen LogP contribution is -2.56. The summed E-state index contributed by atoms with van der Waals surface area (Å²) in [7, 11) is 0. The van der Waals surface area contributed by atoms with Crippen molar-refractivity contribution in [3.05, 3.63) is 70.9 Å². The molecule has 0 fully saturated rings. The minimum atomic E-state index is -1.31. The van der Waals surface area contributed by atoms with Gasteiger partial charge < -0.3 is 24.8 Å². The number of carboxylic acid groups (broad SMARTS) is 1. The Hall–Kier alpha value is -3.04. The number of fused-ring (bicyclic) bond motifs is 1. The van der Waals surface area contributed by atoms with Gasteiger partial charge in [-0.1, -0.05) is 42.5 Å². The molecule has 0 amide bonds. The number of benzene rings is 2. The summed E-state index contributed by atoms with van der Waals surface area (Å²) in [5, 5.41) is 37.3. The lowest BCUT2D eigenvalue weighted by atomic mass is 10.0. The van der Waals surface area contributed by atoms with Gasteiger partial charge in [0.25, 0.3) is 0 Å². The minimum Gasteiger partial charge on any atom is -0.480 e. The molecule has 0 aliphatic heterocycles. The number of para-hydroxylation sites is 1. The Morgan fingerprint density at radius 2 is 1.52 bits per heavy atom. The molecule has 2 aromatic carbocycles. The average molecular weight is 401 g/mol. The Kier molecular flexibility index (Phi) is 8.05. The first kappa shape index (κ1) is 22.3. The van der Waals surface area contributed by atoms with Crippen molar-refractivity contribution in [3.8, 4) is 11.3 Å². The van der Waals surface area contributed by atoms with Crippen molar-refractivity contribution >= 4 is 16.9 Å². The molecule has 0 aliphatic rings. The second-order valence-corrected chi connectivity index (χ2v) is 6.34. The number of aliphatic carboxylic acids is 1. The zero-order valence-electron chi connectivity index (χ0n) is 15.6. The van der Waals surface area contributed by atoms with Crippen molar-refractivity contribution in [1.82, 2.24) is 5.32 Å². The van der Waals surface area contributed by atoms with Crippen molar-refractivity contribution in [2.75, 3.05) is 26.4 Å². The Labute approximate surface area is 166 Å². The molecule has 0 aliphatic carbocycles. The first-order chi connectivity index (χ1) is 13.9. The molecule has 1 heterocycles. The number of aliphatic hydroxyl groups excluding tert-OH is 3. The van der Waals surface area contributed by atoms with E-state index in [2.05, 4.69) is 5.32 Å². The molecule has 29 heavy (non-hydrogen) atoms. The highest BCUT2D eigenvalue weighted by Crippen LogP contribution is 2.21. The zero-order valence-corrected chi connectivity index (χ0v) is 15.6. The van der Waals surface area contributed by atoms with Gasteiger partial charge in [0.15, 0.2) is 5.43 Å². The summed E-state index contributed by atoms with van der Waals surface area (Å²) < 4.78 is 5.73. The molecule has 0 spiro atoms. The third-order valence-corrected chi connectivity index (χ3v) is 4.22. The van der Waals surface area contributed by atoms with Crippen molar-refractivity contribution in [1.29, 1.82) is 0 Å². The molecule has 8 nitrogen and oxygen atoms in total. The molecule has 0 bridgehead atoms. The summed E-state index contributed by atoms with van der Waals surface area (Å²) >= 11 is 0. The highest BCUT2D eigenvalue weighted by molar-refractivity contribution is 5.78. The van der Waals surface area contributed by atoms with Crippen LogP contribution in [0.5, 0.6) is 0 Å².